The Morgan fingerprint density at radius 1 is 1.29 bits per heavy atom. The second kappa shape index (κ2) is 6.59. The summed E-state index contributed by atoms with van der Waals surface area (Å²) in [5.41, 5.74) is 0.492. The number of rotatable bonds is 6. The van der Waals surface area contributed by atoms with Crippen LogP contribution in [0.3, 0.4) is 0 Å². The van der Waals surface area contributed by atoms with Gasteiger partial charge in [0.1, 0.15) is 24.1 Å². The van der Waals surface area contributed by atoms with Crippen LogP contribution in [0.5, 0.6) is 0 Å². The van der Waals surface area contributed by atoms with Gasteiger partial charge in [0.2, 0.25) is 5.95 Å². The molecular formula is C12H12N4O5. The summed E-state index contributed by atoms with van der Waals surface area (Å²) in [7, 11) is 0. The monoisotopic (exact) mass is 292 g/mol. The van der Waals surface area contributed by atoms with Gasteiger partial charge in [-0.3, -0.25) is 15.0 Å². The third-order valence-electron chi connectivity index (χ3n) is 2.50. The van der Waals surface area contributed by atoms with Crippen LogP contribution in [-0.2, 0) is 0 Å². The molecule has 9 nitrogen and oxygen atoms in total. The van der Waals surface area contributed by atoms with Crippen molar-refractivity contribution in [1.29, 1.82) is 0 Å². The molecule has 0 aliphatic heterocycles. The number of anilines is 1. The van der Waals surface area contributed by atoms with Gasteiger partial charge in [-0.2, -0.15) is 0 Å². The van der Waals surface area contributed by atoms with Crippen molar-refractivity contribution in [1.82, 2.24) is 9.97 Å². The van der Waals surface area contributed by atoms with Crippen LogP contribution in [0.15, 0.2) is 28.8 Å². The van der Waals surface area contributed by atoms with Gasteiger partial charge in [0.15, 0.2) is 0 Å². The Morgan fingerprint density at radius 2 is 2.05 bits per heavy atom. The second-order valence-corrected chi connectivity index (χ2v) is 3.87. The van der Waals surface area contributed by atoms with Crippen molar-refractivity contribution in [3.63, 3.8) is 0 Å². The SMILES string of the molecule is O=[N+]([O-])c1ccc(/C=C/c2ccnc(N(CO)CO)n2)o1. The Bertz CT molecular complexity index is 651. The van der Waals surface area contributed by atoms with Gasteiger partial charge < -0.3 is 14.6 Å². The fraction of sp³-hybridized carbons (Fsp3) is 0.167. The lowest BCUT2D eigenvalue weighted by Gasteiger charge is -2.15. The van der Waals surface area contributed by atoms with E-state index >= 15 is 0 Å². The van der Waals surface area contributed by atoms with Crippen LogP contribution in [0.25, 0.3) is 12.2 Å². The molecule has 0 aliphatic carbocycles. The number of aliphatic hydroxyl groups excluding tert-OH is 2. The third-order valence-corrected chi connectivity index (χ3v) is 2.50. The van der Waals surface area contributed by atoms with Crippen LogP contribution in [0.2, 0.25) is 0 Å². The molecule has 0 fully saturated rings. The zero-order valence-corrected chi connectivity index (χ0v) is 10.8. The van der Waals surface area contributed by atoms with E-state index in [1.165, 1.54) is 24.4 Å². The lowest BCUT2D eigenvalue weighted by Crippen LogP contribution is -2.27. The smallest absolute Gasteiger partial charge is 0.401 e. The summed E-state index contributed by atoms with van der Waals surface area (Å²) in [4.78, 5) is 19.0. The molecule has 0 radical (unpaired) electrons. The molecule has 0 spiro atoms. The van der Waals surface area contributed by atoms with Gasteiger partial charge in [0.25, 0.3) is 0 Å². The highest BCUT2D eigenvalue weighted by Gasteiger charge is 2.10. The summed E-state index contributed by atoms with van der Waals surface area (Å²) in [5, 5.41) is 28.5. The first-order chi connectivity index (χ1) is 10.1. The number of hydrogen-bond acceptors (Lipinski definition) is 8. The maximum atomic E-state index is 10.5. The summed E-state index contributed by atoms with van der Waals surface area (Å²) in [6.45, 7) is -0.845. The summed E-state index contributed by atoms with van der Waals surface area (Å²) >= 11 is 0. The Balaban J connectivity index is 2.16. The predicted octanol–water partition coefficient (Wildman–Crippen LogP) is 0.854. The zero-order chi connectivity index (χ0) is 15.2. The third kappa shape index (κ3) is 3.61. The average molecular weight is 292 g/mol. The first-order valence-corrected chi connectivity index (χ1v) is 5.86. The summed E-state index contributed by atoms with van der Waals surface area (Å²) < 4.78 is 4.97. The van der Waals surface area contributed by atoms with Crippen LogP contribution < -0.4 is 4.90 Å². The van der Waals surface area contributed by atoms with Crippen LogP contribution in [0.4, 0.5) is 11.8 Å². The molecule has 21 heavy (non-hydrogen) atoms. The number of aliphatic hydroxyl groups is 2. The van der Waals surface area contributed by atoms with E-state index in [4.69, 9.17) is 14.6 Å². The van der Waals surface area contributed by atoms with Gasteiger partial charge in [-0.25, -0.2) is 9.97 Å². The molecule has 0 aromatic carbocycles. The Hall–Kier alpha value is -2.78. The van der Waals surface area contributed by atoms with Gasteiger partial charge in [-0.1, -0.05) is 0 Å². The fourth-order valence-corrected chi connectivity index (χ4v) is 1.48. The van der Waals surface area contributed by atoms with Gasteiger partial charge in [-0.15, -0.1) is 0 Å². The maximum Gasteiger partial charge on any atom is 0.433 e. The van der Waals surface area contributed by atoms with Crippen molar-refractivity contribution in [3.05, 3.63) is 46.0 Å². The number of hydrogen-bond donors (Lipinski definition) is 2. The molecule has 0 saturated carbocycles. The van der Waals surface area contributed by atoms with E-state index in [0.29, 0.717) is 11.5 Å². The lowest BCUT2D eigenvalue weighted by atomic mass is 10.3. The summed E-state index contributed by atoms with van der Waals surface area (Å²) in [6.07, 6.45) is 4.55. The van der Waals surface area contributed by atoms with E-state index in [9.17, 15) is 10.1 Å². The van der Waals surface area contributed by atoms with Crippen molar-refractivity contribution in [2.24, 2.45) is 0 Å². The second-order valence-electron chi connectivity index (χ2n) is 3.87. The molecule has 2 aromatic heterocycles. The minimum atomic E-state index is -0.624. The van der Waals surface area contributed by atoms with E-state index in [-0.39, 0.29) is 11.8 Å². The summed E-state index contributed by atoms with van der Waals surface area (Å²) in [6, 6.07) is 4.32. The molecule has 2 N–H and O–H groups in total. The Kier molecular flexibility index (Phi) is 4.59. The molecule has 0 amide bonds. The molecule has 0 saturated heterocycles. The minimum Gasteiger partial charge on any atom is -0.401 e. The molecule has 2 heterocycles. The molecule has 0 atom stereocenters. The molecule has 2 aromatic rings. The maximum absolute atomic E-state index is 10.5. The number of furan rings is 1. The molecule has 0 unspecified atom stereocenters. The van der Waals surface area contributed by atoms with Gasteiger partial charge in [0, 0.05) is 6.20 Å². The van der Waals surface area contributed by atoms with Crippen LogP contribution >= 0.6 is 0 Å². The molecule has 110 valence electrons. The average Bonchev–Trinajstić information content (AvgIpc) is 2.96. The highest BCUT2D eigenvalue weighted by molar-refractivity contribution is 5.66. The van der Waals surface area contributed by atoms with Gasteiger partial charge in [0.05, 0.1) is 11.8 Å². The number of nitrogens with zero attached hydrogens (tertiary/aromatic N) is 4. The highest BCUT2D eigenvalue weighted by atomic mass is 16.6. The van der Waals surface area contributed by atoms with E-state index < -0.39 is 18.4 Å². The van der Waals surface area contributed by atoms with E-state index in [1.54, 1.807) is 12.1 Å². The van der Waals surface area contributed by atoms with Crippen molar-refractivity contribution in [2.45, 2.75) is 0 Å². The van der Waals surface area contributed by atoms with Crippen molar-refractivity contribution < 1.29 is 19.6 Å². The van der Waals surface area contributed by atoms with E-state index in [1.807, 2.05) is 0 Å². The first kappa shape index (κ1) is 14.6. The topological polar surface area (TPSA) is 126 Å². The quantitative estimate of drug-likeness (QED) is 0.456. The number of aromatic nitrogens is 2. The van der Waals surface area contributed by atoms with Crippen LogP contribution in [0, 0.1) is 10.1 Å². The van der Waals surface area contributed by atoms with E-state index in [0.717, 1.165) is 4.90 Å². The highest BCUT2D eigenvalue weighted by Crippen LogP contribution is 2.17. The largest absolute Gasteiger partial charge is 0.433 e. The number of nitro groups is 1. The molecule has 9 heteroatoms. The van der Waals surface area contributed by atoms with Crippen molar-refractivity contribution in [2.75, 3.05) is 18.4 Å². The zero-order valence-electron chi connectivity index (χ0n) is 10.8. The first-order valence-electron chi connectivity index (χ1n) is 5.86. The molecule has 2 rings (SSSR count). The standard InChI is InChI=1S/C12H12N4O5/c17-7-15(8-18)12-13-6-5-9(14-12)1-2-10-3-4-11(21-10)16(19)20/h1-6,17-18H,7-8H2/b2-1+. The molecular weight excluding hydrogens is 280 g/mol. The van der Waals surface area contributed by atoms with Crippen molar-refractivity contribution in [3.8, 4) is 0 Å². The summed E-state index contributed by atoms with van der Waals surface area (Å²) in [5.74, 6) is 0.125. The lowest BCUT2D eigenvalue weighted by molar-refractivity contribution is -0.402. The van der Waals surface area contributed by atoms with Crippen molar-refractivity contribution >= 4 is 24.0 Å². The van der Waals surface area contributed by atoms with E-state index in [2.05, 4.69) is 9.97 Å². The minimum absolute atomic E-state index is 0.160. The Labute approximate surface area is 118 Å². The van der Waals surface area contributed by atoms with Crippen LogP contribution in [0.1, 0.15) is 11.5 Å². The Morgan fingerprint density at radius 3 is 2.67 bits per heavy atom. The molecule has 0 aliphatic rings. The van der Waals surface area contributed by atoms with Gasteiger partial charge >= 0.3 is 5.88 Å². The fourth-order valence-electron chi connectivity index (χ4n) is 1.48. The van der Waals surface area contributed by atoms with Gasteiger partial charge in [-0.05, 0) is 24.3 Å². The van der Waals surface area contributed by atoms with Crippen LogP contribution in [-0.4, -0.2) is 38.6 Å². The normalized spacial score (nSPS) is 11.0. The molecule has 0 bridgehead atoms. The predicted molar refractivity (Wildman–Crippen MR) is 73.0 cm³/mol.